The van der Waals surface area contributed by atoms with Gasteiger partial charge in [0, 0.05) is 11.5 Å². The van der Waals surface area contributed by atoms with Crippen LogP contribution < -0.4 is 0 Å². The summed E-state index contributed by atoms with van der Waals surface area (Å²) in [5.41, 5.74) is -1.11. The predicted octanol–water partition coefficient (Wildman–Crippen LogP) is 3.13. The smallest absolute Gasteiger partial charge is 0.249 e. The van der Waals surface area contributed by atoms with Crippen LogP contribution in [0.15, 0.2) is 12.3 Å². The third kappa shape index (κ3) is 2.40. The number of hydrogen-bond donors (Lipinski definition) is 0. The van der Waals surface area contributed by atoms with Crippen molar-refractivity contribution in [3.63, 3.8) is 0 Å². The van der Waals surface area contributed by atoms with E-state index >= 15 is 0 Å². The normalized spacial score (nSPS) is 11.8. The highest BCUT2D eigenvalue weighted by Crippen LogP contribution is 2.29. The molecule has 0 aliphatic rings. The van der Waals surface area contributed by atoms with Crippen LogP contribution in [-0.2, 0) is 11.5 Å². The summed E-state index contributed by atoms with van der Waals surface area (Å²) < 4.78 is 48.6. The van der Waals surface area contributed by atoms with E-state index in [1.54, 1.807) is 0 Å². The molecule has 13 heavy (non-hydrogen) atoms. The van der Waals surface area contributed by atoms with Gasteiger partial charge in [-0.1, -0.05) is 15.9 Å². The zero-order valence-electron chi connectivity index (χ0n) is 6.20. The summed E-state index contributed by atoms with van der Waals surface area (Å²) in [7, 11) is 0. The van der Waals surface area contributed by atoms with Crippen LogP contribution in [-0.4, -0.2) is 4.98 Å². The molecule has 0 saturated heterocycles. The van der Waals surface area contributed by atoms with E-state index in [2.05, 4.69) is 20.9 Å². The van der Waals surface area contributed by atoms with Gasteiger partial charge in [-0.05, 0) is 11.6 Å². The highest BCUT2D eigenvalue weighted by molar-refractivity contribution is 9.08. The summed E-state index contributed by atoms with van der Waals surface area (Å²) in [5, 5.41) is 0.273. The Morgan fingerprint density at radius 1 is 1.38 bits per heavy atom. The minimum atomic E-state index is -4.73. The van der Waals surface area contributed by atoms with Crippen molar-refractivity contribution >= 4 is 15.9 Å². The van der Waals surface area contributed by atoms with Gasteiger partial charge in [0.1, 0.15) is 0 Å². The minimum absolute atomic E-state index is 0.273. The van der Waals surface area contributed by atoms with E-state index in [-0.39, 0.29) is 5.33 Å². The lowest BCUT2D eigenvalue weighted by Gasteiger charge is -2.06. The van der Waals surface area contributed by atoms with Gasteiger partial charge >= 0.3 is 6.18 Å². The highest BCUT2D eigenvalue weighted by atomic mass is 79.9. The fraction of sp³-hybridized carbons (Fsp3) is 0.286. The molecule has 1 nitrogen and oxygen atoms in total. The van der Waals surface area contributed by atoms with Gasteiger partial charge in [0.2, 0.25) is 0 Å². The third-order valence-corrected chi connectivity index (χ3v) is 1.97. The van der Waals surface area contributed by atoms with Crippen LogP contribution >= 0.6 is 15.9 Å². The fourth-order valence-electron chi connectivity index (χ4n) is 0.759. The first-order valence-electron chi connectivity index (χ1n) is 3.22. The van der Waals surface area contributed by atoms with Crippen LogP contribution in [0, 0.1) is 5.82 Å². The van der Waals surface area contributed by atoms with Crippen LogP contribution in [0.2, 0.25) is 0 Å². The van der Waals surface area contributed by atoms with Gasteiger partial charge in [0.25, 0.3) is 0 Å². The Hall–Kier alpha value is -0.650. The molecule has 0 fully saturated rings. The topological polar surface area (TPSA) is 12.9 Å². The molecule has 0 radical (unpaired) electrons. The Kier molecular flexibility index (Phi) is 2.90. The van der Waals surface area contributed by atoms with Crippen molar-refractivity contribution in [2.75, 3.05) is 0 Å². The van der Waals surface area contributed by atoms with Crippen molar-refractivity contribution in [2.45, 2.75) is 11.5 Å². The molecule has 0 N–H and O–H groups in total. The standard InChI is InChI=1S/C7H4BrF4N/c8-2-4-1-5(9)6(13-3-4)7(10,11)12/h1,3H,2H2. The van der Waals surface area contributed by atoms with Crippen molar-refractivity contribution in [1.29, 1.82) is 0 Å². The molecule has 0 aromatic carbocycles. The molecule has 1 heterocycles. The number of hydrogen-bond acceptors (Lipinski definition) is 1. The number of nitrogens with zero attached hydrogens (tertiary/aromatic N) is 1. The van der Waals surface area contributed by atoms with Crippen molar-refractivity contribution in [3.05, 3.63) is 29.3 Å². The maximum Gasteiger partial charge on any atom is 0.436 e. The van der Waals surface area contributed by atoms with Gasteiger partial charge in [-0.2, -0.15) is 13.2 Å². The summed E-state index contributed by atoms with van der Waals surface area (Å²) in [6, 6.07) is 0.810. The van der Waals surface area contributed by atoms with Crippen molar-refractivity contribution in [2.24, 2.45) is 0 Å². The first-order chi connectivity index (χ1) is 5.95. The zero-order valence-corrected chi connectivity index (χ0v) is 7.78. The van der Waals surface area contributed by atoms with Crippen LogP contribution in [0.5, 0.6) is 0 Å². The Morgan fingerprint density at radius 3 is 2.38 bits per heavy atom. The molecule has 1 rings (SSSR count). The summed E-state index contributed by atoms with van der Waals surface area (Å²) >= 11 is 2.98. The quantitative estimate of drug-likeness (QED) is 0.557. The van der Waals surface area contributed by atoms with Crippen molar-refractivity contribution < 1.29 is 17.6 Å². The summed E-state index contributed by atoms with van der Waals surface area (Å²) in [4.78, 5) is 2.99. The van der Waals surface area contributed by atoms with E-state index < -0.39 is 17.7 Å². The maximum atomic E-state index is 12.7. The van der Waals surface area contributed by atoms with Crippen LogP contribution in [0.4, 0.5) is 17.6 Å². The second-order valence-electron chi connectivity index (χ2n) is 2.31. The average molecular weight is 258 g/mol. The molecule has 0 amide bonds. The lowest BCUT2D eigenvalue weighted by Crippen LogP contribution is -2.11. The second kappa shape index (κ2) is 3.61. The zero-order chi connectivity index (χ0) is 10.1. The Balaban J connectivity index is 3.13. The molecule has 0 saturated carbocycles. The van der Waals surface area contributed by atoms with Crippen LogP contribution in [0.25, 0.3) is 0 Å². The molecular formula is C7H4BrF4N. The van der Waals surface area contributed by atoms with Crippen LogP contribution in [0.3, 0.4) is 0 Å². The Labute approximate surface area is 79.9 Å². The van der Waals surface area contributed by atoms with Gasteiger partial charge in [-0.25, -0.2) is 9.37 Å². The third-order valence-electron chi connectivity index (χ3n) is 1.32. The summed E-state index contributed by atoms with van der Waals surface area (Å²) in [6.07, 6.45) is -3.74. The molecule has 1 aromatic heterocycles. The van der Waals surface area contributed by atoms with E-state index in [1.807, 2.05) is 0 Å². The van der Waals surface area contributed by atoms with Gasteiger partial charge < -0.3 is 0 Å². The number of rotatable bonds is 1. The molecule has 6 heteroatoms. The van der Waals surface area contributed by atoms with Crippen molar-refractivity contribution in [1.82, 2.24) is 4.98 Å². The number of alkyl halides is 4. The van der Waals surface area contributed by atoms with Gasteiger partial charge in [-0.3, -0.25) is 0 Å². The molecule has 1 aromatic rings. The number of pyridine rings is 1. The number of aromatic nitrogens is 1. The molecule has 72 valence electrons. The highest BCUT2D eigenvalue weighted by Gasteiger charge is 2.35. The SMILES string of the molecule is Fc1cc(CBr)cnc1C(F)(F)F. The molecule has 0 unspecified atom stereocenters. The van der Waals surface area contributed by atoms with E-state index in [1.165, 1.54) is 0 Å². The number of halogens is 5. The molecule has 0 atom stereocenters. The summed E-state index contributed by atoms with van der Waals surface area (Å²) in [5.74, 6) is -1.34. The van der Waals surface area contributed by atoms with E-state index in [9.17, 15) is 17.6 Å². The Bertz CT molecular complexity index is 310. The lowest BCUT2D eigenvalue weighted by molar-refractivity contribution is -0.143. The summed E-state index contributed by atoms with van der Waals surface area (Å²) in [6.45, 7) is 0. The monoisotopic (exact) mass is 257 g/mol. The fourth-order valence-corrected chi connectivity index (χ4v) is 1.07. The van der Waals surface area contributed by atoms with Crippen molar-refractivity contribution in [3.8, 4) is 0 Å². The molecule has 0 aliphatic heterocycles. The second-order valence-corrected chi connectivity index (χ2v) is 2.87. The molecular weight excluding hydrogens is 254 g/mol. The van der Waals surface area contributed by atoms with Gasteiger partial charge in [0.15, 0.2) is 11.5 Å². The first kappa shape index (κ1) is 10.4. The molecule has 0 bridgehead atoms. The largest absolute Gasteiger partial charge is 0.436 e. The minimum Gasteiger partial charge on any atom is -0.249 e. The van der Waals surface area contributed by atoms with Crippen LogP contribution in [0.1, 0.15) is 11.3 Å². The Morgan fingerprint density at radius 2 is 2.00 bits per heavy atom. The van der Waals surface area contributed by atoms with E-state index in [0.29, 0.717) is 5.56 Å². The van der Waals surface area contributed by atoms with Gasteiger partial charge in [-0.15, -0.1) is 0 Å². The van der Waals surface area contributed by atoms with E-state index in [0.717, 1.165) is 12.3 Å². The predicted molar refractivity (Wildman–Crippen MR) is 41.8 cm³/mol. The first-order valence-corrected chi connectivity index (χ1v) is 4.35. The maximum absolute atomic E-state index is 12.7. The molecule has 0 aliphatic carbocycles. The van der Waals surface area contributed by atoms with E-state index in [4.69, 9.17) is 0 Å². The molecule has 0 spiro atoms. The van der Waals surface area contributed by atoms with Gasteiger partial charge in [0.05, 0.1) is 0 Å². The lowest BCUT2D eigenvalue weighted by atomic mass is 10.2. The average Bonchev–Trinajstić information content (AvgIpc) is 2.01.